The summed E-state index contributed by atoms with van der Waals surface area (Å²) in [5, 5.41) is 12.4. The van der Waals surface area contributed by atoms with Crippen molar-refractivity contribution in [1.29, 1.82) is 0 Å². The van der Waals surface area contributed by atoms with Gasteiger partial charge in [-0.25, -0.2) is 9.37 Å². The molecule has 18 heteroatoms. The third kappa shape index (κ3) is 15.5. The standard InChI is InChI=1S/C63H77FN8O8S/c1-8-72(42(3)58(74)66-39-43-16-18-44(19-17-43)56-41(2)67-40-81-56)59(75)57(62(4,5)6)70-55(73)15-13-11-9-10-12-14-36-79-48-29-34-71(35-30-48)52-38-51-50(37-54(52)78-7)53(28-33-65-51)80-49-26-24-47(25-27-49)69-61(77)63(31-32-63)60(76)68-46-22-20-45(64)21-23-46/h16-28,33,37-38,40,42,48,57H,8-15,29-32,34-36,39H2,1-7H3,(H,66,74)(H,68,76)(H,69,77)(H,70,73)/t42-,57+/m0/s1. The van der Waals surface area contributed by atoms with Gasteiger partial charge in [0.25, 0.3) is 0 Å². The fraction of sp³-hybridized carbons (Fsp3) is 0.444. The summed E-state index contributed by atoms with van der Waals surface area (Å²) in [6.07, 6.45) is 10.6. The van der Waals surface area contributed by atoms with Crippen LogP contribution in [0.25, 0.3) is 21.3 Å². The number of fused-ring (bicyclic) bond motifs is 1. The number of unbranched alkanes of at least 4 members (excludes halogenated alkanes) is 5. The number of thiazole rings is 1. The van der Waals surface area contributed by atoms with E-state index in [0.717, 1.165) is 103 Å². The highest BCUT2D eigenvalue weighted by atomic mass is 32.1. The van der Waals surface area contributed by atoms with Crippen LogP contribution in [0.2, 0.25) is 0 Å². The van der Waals surface area contributed by atoms with Gasteiger partial charge in [-0.1, -0.05) is 70.7 Å². The maximum absolute atomic E-state index is 14.0. The highest BCUT2D eigenvalue weighted by molar-refractivity contribution is 7.13. The number of ether oxygens (including phenoxy) is 3. The number of carbonyl (C=O) groups excluding carboxylic acids is 5. The molecule has 0 radical (unpaired) electrons. The Bertz CT molecular complexity index is 3120. The highest BCUT2D eigenvalue weighted by Gasteiger charge is 2.56. The fourth-order valence-electron chi connectivity index (χ4n) is 10.2. The SMILES string of the molecule is CCN(C(=O)[C@@H](NC(=O)CCCCCCCCOC1CCN(c2cc3nccc(Oc4ccc(NC(=O)C5(C(=O)Nc6ccc(F)cc6)CC5)cc4)c3cc2OC)CC1)C(C)(C)C)[C@@H](C)C(=O)NCc1ccc(-c2scnc2C)cc1. The first-order chi connectivity index (χ1) is 39.0. The van der Waals surface area contributed by atoms with Crippen molar-refractivity contribution in [2.45, 2.75) is 137 Å². The van der Waals surface area contributed by atoms with Gasteiger partial charge in [0.05, 0.1) is 40.5 Å². The van der Waals surface area contributed by atoms with Crippen LogP contribution in [0.3, 0.4) is 0 Å². The van der Waals surface area contributed by atoms with Crippen molar-refractivity contribution in [3.05, 3.63) is 120 Å². The quantitative estimate of drug-likeness (QED) is 0.0298. The minimum Gasteiger partial charge on any atom is -0.495 e. The van der Waals surface area contributed by atoms with E-state index in [-0.39, 0.29) is 23.8 Å². The smallest absolute Gasteiger partial charge is 0.246 e. The van der Waals surface area contributed by atoms with Crippen LogP contribution >= 0.6 is 11.3 Å². The number of methoxy groups -OCH3 is 1. The van der Waals surface area contributed by atoms with Crippen molar-refractivity contribution in [3.8, 4) is 27.7 Å². The summed E-state index contributed by atoms with van der Waals surface area (Å²) in [6, 6.07) is 24.7. The van der Waals surface area contributed by atoms with Gasteiger partial charge < -0.3 is 45.3 Å². The van der Waals surface area contributed by atoms with Gasteiger partial charge in [-0.05, 0) is 143 Å². The molecule has 2 atom stereocenters. The van der Waals surface area contributed by atoms with Gasteiger partial charge in [0.2, 0.25) is 29.5 Å². The largest absolute Gasteiger partial charge is 0.495 e. The number of hydrogen-bond donors (Lipinski definition) is 4. The number of aromatic nitrogens is 2. The fourth-order valence-corrected chi connectivity index (χ4v) is 11.0. The molecule has 2 fully saturated rings. The molecular formula is C63H77FN8O8S. The summed E-state index contributed by atoms with van der Waals surface area (Å²) < 4.78 is 31.9. The molecule has 1 aliphatic heterocycles. The molecule has 1 saturated carbocycles. The van der Waals surface area contributed by atoms with Crippen LogP contribution in [0.15, 0.2) is 103 Å². The van der Waals surface area contributed by atoms with Gasteiger partial charge in [-0.15, -0.1) is 11.3 Å². The average Bonchev–Trinajstić information content (AvgIpc) is 4.38. The monoisotopic (exact) mass is 1120 g/mol. The molecule has 0 unspecified atom stereocenters. The second kappa shape index (κ2) is 27.3. The number of nitrogens with one attached hydrogen (secondary N) is 4. The van der Waals surface area contributed by atoms with Gasteiger partial charge in [0.1, 0.15) is 40.6 Å². The maximum Gasteiger partial charge on any atom is 0.246 e. The molecule has 16 nitrogen and oxygen atoms in total. The summed E-state index contributed by atoms with van der Waals surface area (Å²) >= 11 is 1.60. The van der Waals surface area contributed by atoms with Crippen molar-refractivity contribution in [2.24, 2.45) is 10.8 Å². The summed E-state index contributed by atoms with van der Waals surface area (Å²) in [4.78, 5) is 80.9. The Kier molecular flexibility index (Phi) is 20.1. The zero-order valence-electron chi connectivity index (χ0n) is 47.7. The van der Waals surface area contributed by atoms with E-state index in [0.29, 0.717) is 67.6 Å². The Morgan fingerprint density at radius 3 is 2.07 bits per heavy atom. The summed E-state index contributed by atoms with van der Waals surface area (Å²) in [5.41, 5.74) is 5.78. The predicted molar refractivity (Wildman–Crippen MR) is 316 cm³/mol. The number of aryl methyl sites for hydroxylation is 1. The number of halogens is 1. The molecular weight excluding hydrogens is 1050 g/mol. The van der Waals surface area contributed by atoms with E-state index in [9.17, 15) is 28.4 Å². The second-order valence-electron chi connectivity index (χ2n) is 22.3. The van der Waals surface area contributed by atoms with E-state index < -0.39 is 40.5 Å². The number of pyridine rings is 1. The number of nitrogens with zero attached hydrogens (tertiary/aromatic N) is 4. The first kappa shape index (κ1) is 59.7. The minimum atomic E-state index is -1.18. The molecule has 0 bridgehead atoms. The van der Waals surface area contributed by atoms with Crippen LogP contribution in [0, 0.1) is 23.6 Å². The molecule has 6 aromatic rings. The van der Waals surface area contributed by atoms with Crippen molar-refractivity contribution < 1.29 is 42.6 Å². The third-order valence-corrected chi connectivity index (χ3v) is 16.3. The van der Waals surface area contributed by atoms with Crippen LogP contribution in [-0.4, -0.2) is 95.9 Å². The van der Waals surface area contributed by atoms with Crippen molar-refractivity contribution >= 4 is 68.8 Å². The lowest BCUT2D eigenvalue weighted by Crippen LogP contribution is -2.58. The first-order valence-electron chi connectivity index (χ1n) is 28.3. The Morgan fingerprint density at radius 2 is 1.47 bits per heavy atom. The zero-order valence-corrected chi connectivity index (χ0v) is 48.5. The van der Waals surface area contributed by atoms with Gasteiger partial charge in [-0.2, -0.15) is 0 Å². The molecule has 1 saturated heterocycles. The van der Waals surface area contributed by atoms with Crippen LogP contribution in [0.4, 0.5) is 21.5 Å². The van der Waals surface area contributed by atoms with Gasteiger partial charge in [0.15, 0.2) is 0 Å². The van der Waals surface area contributed by atoms with Crippen LogP contribution in [0.5, 0.6) is 17.2 Å². The number of hydrogen-bond acceptors (Lipinski definition) is 12. The van der Waals surface area contributed by atoms with Crippen LogP contribution in [-0.2, 0) is 35.3 Å². The van der Waals surface area contributed by atoms with Gasteiger partial charge >= 0.3 is 0 Å². The number of rotatable bonds is 26. The number of likely N-dealkylation sites (N-methyl/N-ethyl adjacent to an activating group) is 1. The molecule has 430 valence electrons. The van der Waals surface area contributed by atoms with Crippen molar-refractivity contribution in [2.75, 3.05) is 48.9 Å². The number of benzene rings is 4. The molecule has 2 aliphatic rings. The lowest BCUT2D eigenvalue weighted by atomic mass is 9.85. The Morgan fingerprint density at radius 1 is 0.827 bits per heavy atom. The van der Waals surface area contributed by atoms with E-state index in [4.69, 9.17) is 14.2 Å². The Hall–Kier alpha value is -7.44. The van der Waals surface area contributed by atoms with E-state index in [1.165, 1.54) is 24.3 Å². The lowest BCUT2D eigenvalue weighted by Gasteiger charge is -2.36. The topological polar surface area (TPSA) is 193 Å². The third-order valence-electron chi connectivity index (χ3n) is 15.3. The normalized spacial score (nSPS) is 14.8. The molecule has 3 heterocycles. The van der Waals surface area contributed by atoms with E-state index in [1.54, 1.807) is 66.8 Å². The lowest BCUT2D eigenvalue weighted by molar-refractivity contribution is -0.145. The van der Waals surface area contributed by atoms with Crippen LogP contribution in [0.1, 0.15) is 117 Å². The molecule has 4 aromatic carbocycles. The second-order valence-corrected chi connectivity index (χ2v) is 23.1. The van der Waals surface area contributed by atoms with Gasteiger partial charge in [0, 0.05) is 62.2 Å². The number of piperidine rings is 1. The van der Waals surface area contributed by atoms with E-state index >= 15 is 0 Å². The van der Waals surface area contributed by atoms with Gasteiger partial charge in [-0.3, -0.25) is 29.0 Å². The molecule has 1 aliphatic carbocycles. The molecule has 4 N–H and O–H groups in total. The highest BCUT2D eigenvalue weighted by Crippen LogP contribution is 2.48. The molecule has 81 heavy (non-hydrogen) atoms. The summed E-state index contributed by atoms with van der Waals surface area (Å²) in [7, 11) is 1.66. The number of amides is 5. The van der Waals surface area contributed by atoms with Crippen LogP contribution < -0.4 is 35.6 Å². The number of carbonyl (C=O) groups is 5. The maximum atomic E-state index is 14.0. The van der Waals surface area contributed by atoms with E-state index in [1.807, 2.05) is 76.5 Å². The number of anilines is 3. The van der Waals surface area contributed by atoms with E-state index in [2.05, 4.69) is 36.1 Å². The summed E-state index contributed by atoms with van der Waals surface area (Å²) in [6.45, 7) is 14.3. The molecule has 0 spiro atoms. The first-order valence-corrected chi connectivity index (χ1v) is 29.2. The predicted octanol–water partition coefficient (Wildman–Crippen LogP) is 11.8. The average molecular weight is 1130 g/mol. The minimum absolute atomic E-state index is 0.159. The zero-order chi connectivity index (χ0) is 57.7. The molecule has 8 rings (SSSR count). The Balaban J connectivity index is 0.709. The summed E-state index contributed by atoms with van der Waals surface area (Å²) in [5.74, 6) is -0.0553. The molecule has 5 amide bonds. The molecule has 2 aromatic heterocycles. The Labute approximate surface area is 478 Å². The van der Waals surface area contributed by atoms with Crippen molar-refractivity contribution in [3.63, 3.8) is 0 Å². The van der Waals surface area contributed by atoms with Crippen molar-refractivity contribution in [1.82, 2.24) is 25.5 Å².